The average Bonchev–Trinajstić information content (AvgIpc) is 3.72. The number of hydrogen-bond donors (Lipinski definition) is 0. The van der Waals surface area contributed by atoms with Gasteiger partial charge in [-0.15, -0.1) is 0 Å². The molecule has 0 nitrogen and oxygen atoms in total. The van der Waals surface area contributed by atoms with Gasteiger partial charge >= 0.3 is 0 Å². The molecule has 0 amide bonds. The first-order chi connectivity index (χ1) is 27.3. The van der Waals surface area contributed by atoms with E-state index >= 15 is 0 Å². The van der Waals surface area contributed by atoms with Crippen molar-refractivity contribution in [3.05, 3.63) is 216 Å². The third-order valence-electron chi connectivity index (χ3n) is 13.0. The second-order valence-electron chi connectivity index (χ2n) is 15.5. The highest BCUT2D eigenvalue weighted by Crippen LogP contribution is 2.64. The summed E-state index contributed by atoms with van der Waals surface area (Å²) < 4.78 is 0. The van der Waals surface area contributed by atoms with Crippen LogP contribution < -0.4 is 0 Å². The van der Waals surface area contributed by atoms with Crippen LogP contribution in [0.15, 0.2) is 194 Å². The Morgan fingerprint density at radius 3 is 1.58 bits per heavy atom. The monoisotopic (exact) mass is 692 g/mol. The smallest absolute Gasteiger partial charge is 0.0619 e. The number of rotatable bonds is 2. The van der Waals surface area contributed by atoms with E-state index in [-0.39, 0.29) is 0 Å². The maximum Gasteiger partial charge on any atom is 0.0731 e. The third-order valence-corrected chi connectivity index (χ3v) is 13.0. The number of fused-ring (bicyclic) bond motifs is 13. The van der Waals surface area contributed by atoms with Crippen LogP contribution in [0.3, 0.4) is 0 Å². The van der Waals surface area contributed by atoms with Gasteiger partial charge in [0.05, 0.1) is 5.41 Å². The number of benzene rings is 11. The van der Waals surface area contributed by atoms with E-state index in [1.165, 1.54) is 121 Å². The molecule has 0 atom stereocenters. The molecular formula is C55H32. The molecule has 1 spiro atoms. The van der Waals surface area contributed by atoms with E-state index in [0.29, 0.717) is 0 Å². The van der Waals surface area contributed by atoms with Gasteiger partial charge in [-0.25, -0.2) is 0 Å². The lowest BCUT2D eigenvalue weighted by Crippen LogP contribution is -2.26. The summed E-state index contributed by atoms with van der Waals surface area (Å²) in [4.78, 5) is 0. The van der Waals surface area contributed by atoms with Crippen molar-refractivity contribution in [1.82, 2.24) is 0 Å². The molecule has 0 radical (unpaired) electrons. The van der Waals surface area contributed by atoms with Crippen molar-refractivity contribution in [2.75, 3.05) is 0 Å². The van der Waals surface area contributed by atoms with Crippen molar-refractivity contribution >= 4 is 53.9 Å². The quantitative estimate of drug-likeness (QED) is 0.158. The molecule has 55 heavy (non-hydrogen) atoms. The number of hydrogen-bond acceptors (Lipinski definition) is 0. The van der Waals surface area contributed by atoms with Crippen molar-refractivity contribution < 1.29 is 0 Å². The zero-order valence-electron chi connectivity index (χ0n) is 30.0. The standard InChI is InChI=1S/C55H32/c1-2-10-37-31-38(22-19-33(37)9-1)40-15-8-16-47-42(40)29-30-48-45-27-25-39(41-26-23-36-21-20-34-11-7-12-35-24-28-46(41)53(36)52(34)35)32-51(45)55(54(47)48)49-17-5-3-13-43(49)44-14-4-6-18-50(44)55/h1-32H. The second kappa shape index (κ2) is 10.6. The van der Waals surface area contributed by atoms with Crippen LogP contribution >= 0.6 is 0 Å². The van der Waals surface area contributed by atoms with Crippen LogP contribution in [0.5, 0.6) is 0 Å². The third kappa shape index (κ3) is 3.71. The molecule has 0 fully saturated rings. The highest BCUT2D eigenvalue weighted by atomic mass is 14.5. The van der Waals surface area contributed by atoms with Crippen molar-refractivity contribution in [1.29, 1.82) is 0 Å². The molecule has 252 valence electrons. The Hall–Kier alpha value is -7.02. The van der Waals surface area contributed by atoms with E-state index in [4.69, 9.17) is 0 Å². The molecule has 13 rings (SSSR count). The topological polar surface area (TPSA) is 0 Å². The normalized spacial score (nSPS) is 13.6. The summed E-state index contributed by atoms with van der Waals surface area (Å²) in [5.74, 6) is 0. The van der Waals surface area contributed by atoms with E-state index in [1.54, 1.807) is 0 Å². The summed E-state index contributed by atoms with van der Waals surface area (Å²) in [5.41, 5.74) is 15.4. The van der Waals surface area contributed by atoms with Crippen LogP contribution in [0.4, 0.5) is 0 Å². The van der Waals surface area contributed by atoms with Gasteiger partial charge in [0, 0.05) is 0 Å². The van der Waals surface area contributed by atoms with Crippen LogP contribution in [-0.4, -0.2) is 0 Å². The Bertz CT molecular complexity index is 3370. The lowest BCUT2D eigenvalue weighted by molar-refractivity contribution is 0.801. The summed E-state index contributed by atoms with van der Waals surface area (Å²) in [5, 5.41) is 13.0. The predicted molar refractivity (Wildman–Crippen MR) is 232 cm³/mol. The molecule has 2 aliphatic rings. The molecule has 0 N–H and O–H groups in total. The van der Waals surface area contributed by atoms with Gasteiger partial charge in [-0.3, -0.25) is 0 Å². The maximum atomic E-state index is 2.54. The highest BCUT2D eigenvalue weighted by Gasteiger charge is 2.52. The molecule has 0 aliphatic heterocycles. The van der Waals surface area contributed by atoms with E-state index in [2.05, 4.69) is 194 Å². The first-order valence-electron chi connectivity index (χ1n) is 19.3. The van der Waals surface area contributed by atoms with Crippen LogP contribution in [0.25, 0.3) is 98.4 Å². The largest absolute Gasteiger partial charge is 0.0731 e. The molecule has 0 aromatic heterocycles. The van der Waals surface area contributed by atoms with E-state index in [1.807, 2.05) is 0 Å². The van der Waals surface area contributed by atoms with Gasteiger partial charge in [0.25, 0.3) is 0 Å². The average molecular weight is 693 g/mol. The Labute approximate surface area is 318 Å². The summed E-state index contributed by atoms with van der Waals surface area (Å²) in [6, 6.07) is 73.5. The van der Waals surface area contributed by atoms with Gasteiger partial charge in [-0.1, -0.05) is 182 Å². The summed E-state index contributed by atoms with van der Waals surface area (Å²) in [7, 11) is 0. The minimum absolute atomic E-state index is 0.473. The van der Waals surface area contributed by atoms with E-state index in [9.17, 15) is 0 Å². The first-order valence-corrected chi connectivity index (χ1v) is 19.3. The molecule has 0 heterocycles. The van der Waals surface area contributed by atoms with E-state index < -0.39 is 5.41 Å². The fourth-order valence-corrected chi connectivity index (χ4v) is 10.8. The van der Waals surface area contributed by atoms with Crippen molar-refractivity contribution in [2.24, 2.45) is 0 Å². The zero-order chi connectivity index (χ0) is 35.8. The lowest BCUT2D eigenvalue weighted by Gasteiger charge is -2.32. The first kappa shape index (κ1) is 29.4. The Balaban J connectivity index is 1.12. The Kier molecular flexibility index (Phi) is 5.65. The zero-order valence-corrected chi connectivity index (χ0v) is 30.0. The van der Waals surface area contributed by atoms with E-state index in [0.717, 1.165) is 0 Å². The van der Waals surface area contributed by atoms with Crippen LogP contribution in [0.1, 0.15) is 22.3 Å². The maximum absolute atomic E-state index is 2.54. The predicted octanol–water partition coefficient (Wildman–Crippen LogP) is 14.6. The summed E-state index contributed by atoms with van der Waals surface area (Å²) in [6.45, 7) is 0. The molecule has 0 saturated carbocycles. The van der Waals surface area contributed by atoms with Crippen LogP contribution in [0, 0.1) is 0 Å². The fraction of sp³-hybridized carbons (Fsp3) is 0.0182. The fourth-order valence-electron chi connectivity index (χ4n) is 10.8. The van der Waals surface area contributed by atoms with Gasteiger partial charge in [0.15, 0.2) is 0 Å². The minimum atomic E-state index is -0.473. The van der Waals surface area contributed by atoms with Gasteiger partial charge in [-0.2, -0.15) is 0 Å². The molecule has 11 aromatic rings. The highest BCUT2D eigenvalue weighted by molar-refractivity contribution is 6.25. The molecule has 0 unspecified atom stereocenters. The van der Waals surface area contributed by atoms with Crippen molar-refractivity contribution in [2.45, 2.75) is 5.41 Å². The molecule has 0 heteroatoms. The van der Waals surface area contributed by atoms with Gasteiger partial charge < -0.3 is 0 Å². The van der Waals surface area contributed by atoms with Gasteiger partial charge in [-0.05, 0) is 133 Å². The molecule has 11 aromatic carbocycles. The molecule has 0 bridgehead atoms. The summed E-state index contributed by atoms with van der Waals surface area (Å²) in [6.07, 6.45) is 0. The van der Waals surface area contributed by atoms with Crippen LogP contribution in [0.2, 0.25) is 0 Å². The molecular weight excluding hydrogens is 661 g/mol. The minimum Gasteiger partial charge on any atom is -0.0619 e. The van der Waals surface area contributed by atoms with Gasteiger partial charge in [0.1, 0.15) is 0 Å². The van der Waals surface area contributed by atoms with Crippen molar-refractivity contribution in [3.8, 4) is 44.5 Å². The van der Waals surface area contributed by atoms with Crippen molar-refractivity contribution in [3.63, 3.8) is 0 Å². The SMILES string of the molecule is c1ccc2c(c1)-c1ccccc1C21c2cc(-c3ccc4ccc5cccc6ccc3c4c56)ccc2-c2ccc3c(-c4ccc5ccccc5c4)cccc3c21. The molecule has 0 saturated heterocycles. The Morgan fingerprint density at radius 2 is 0.764 bits per heavy atom. The lowest BCUT2D eigenvalue weighted by atomic mass is 9.69. The summed E-state index contributed by atoms with van der Waals surface area (Å²) >= 11 is 0. The van der Waals surface area contributed by atoms with Crippen LogP contribution in [-0.2, 0) is 5.41 Å². The Morgan fingerprint density at radius 1 is 0.255 bits per heavy atom. The van der Waals surface area contributed by atoms with Gasteiger partial charge in [0.2, 0.25) is 0 Å². The molecule has 2 aliphatic carbocycles. The second-order valence-corrected chi connectivity index (χ2v) is 15.5.